The predicted octanol–water partition coefficient (Wildman–Crippen LogP) is 4.35. The maximum absolute atomic E-state index is 12.9. The van der Waals surface area contributed by atoms with E-state index in [1.807, 2.05) is 11.8 Å². The molecule has 28 heavy (non-hydrogen) atoms. The number of benzene rings is 2. The van der Waals surface area contributed by atoms with E-state index in [1.54, 1.807) is 30.3 Å². The van der Waals surface area contributed by atoms with Gasteiger partial charge in [0.25, 0.3) is 15.9 Å². The van der Waals surface area contributed by atoms with E-state index in [0.29, 0.717) is 22.2 Å². The number of sulfonamides is 1. The zero-order chi connectivity index (χ0) is 20.5. The normalized spacial score (nSPS) is 17.4. The molecule has 1 heterocycles. The van der Waals surface area contributed by atoms with Gasteiger partial charge in [0, 0.05) is 30.7 Å². The average Bonchev–Trinajstić information content (AvgIpc) is 2.67. The number of anilines is 1. The van der Waals surface area contributed by atoms with Crippen molar-refractivity contribution in [3.63, 3.8) is 0 Å². The Hall–Kier alpha value is -2.05. The molecule has 0 N–H and O–H groups in total. The van der Waals surface area contributed by atoms with Gasteiger partial charge in [-0.1, -0.05) is 18.5 Å². The van der Waals surface area contributed by atoms with Crippen molar-refractivity contribution in [1.29, 1.82) is 0 Å². The molecule has 1 amide bonds. The number of halogens is 1. The number of likely N-dealkylation sites (tertiary alicyclic amines) is 1. The van der Waals surface area contributed by atoms with Gasteiger partial charge in [-0.3, -0.25) is 9.10 Å². The molecular weight excluding hydrogens is 396 g/mol. The maximum atomic E-state index is 12.9. The molecule has 0 bridgehead atoms. The first-order valence-electron chi connectivity index (χ1n) is 9.34. The number of hydrogen-bond acceptors (Lipinski definition) is 3. The van der Waals surface area contributed by atoms with E-state index in [9.17, 15) is 13.2 Å². The molecule has 1 atom stereocenters. The van der Waals surface area contributed by atoms with E-state index in [4.69, 9.17) is 11.6 Å². The second-order valence-electron chi connectivity index (χ2n) is 7.43. The molecule has 0 aliphatic carbocycles. The molecule has 1 saturated heterocycles. The lowest BCUT2D eigenvalue weighted by Gasteiger charge is -2.31. The number of hydrogen-bond donors (Lipinski definition) is 0. The van der Waals surface area contributed by atoms with Gasteiger partial charge >= 0.3 is 0 Å². The molecule has 3 rings (SSSR count). The summed E-state index contributed by atoms with van der Waals surface area (Å²) < 4.78 is 27.1. The van der Waals surface area contributed by atoms with Gasteiger partial charge in [0.2, 0.25) is 0 Å². The summed E-state index contributed by atoms with van der Waals surface area (Å²) >= 11 is 5.86. The number of rotatable bonds is 4. The molecule has 7 heteroatoms. The first-order chi connectivity index (χ1) is 13.2. The molecule has 5 nitrogen and oxygen atoms in total. The number of amides is 1. The smallest absolute Gasteiger partial charge is 0.264 e. The Morgan fingerprint density at radius 2 is 1.86 bits per heavy atom. The first-order valence-corrected chi connectivity index (χ1v) is 11.2. The van der Waals surface area contributed by atoms with Crippen molar-refractivity contribution >= 4 is 33.2 Å². The standard InChI is InChI=1S/C21H25ClN2O3S/c1-15-5-4-12-24(14-15)21(25)17-6-11-20(16(2)13-17)23(3)28(26,27)19-9-7-18(22)8-10-19/h6-11,13,15H,4-5,12,14H2,1-3H3/t15-/m1/s1. The largest absolute Gasteiger partial charge is 0.338 e. The van der Waals surface area contributed by atoms with Gasteiger partial charge in [0.1, 0.15) is 0 Å². The molecule has 1 fully saturated rings. The van der Waals surface area contributed by atoms with Crippen molar-refractivity contribution in [3.05, 3.63) is 58.6 Å². The fraction of sp³-hybridized carbons (Fsp3) is 0.381. The van der Waals surface area contributed by atoms with E-state index in [-0.39, 0.29) is 10.8 Å². The van der Waals surface area contributed by atoms with Crippen LogP contribution in [0.2, 0.25) is 5.02 Å². The molecule has 1 aliphatic heterocycles. The molecule has 2 aromatic rings. The van der Waals surface area contributed by atoms with Gasteiger partial charge in [0.05, 0.1) is 10.6 Å². The lowest BCUT2D eigenvalue weighted by molar-refractivity contribution is 0.0683. The summed E-state index contributed by atoms with van der Waals surface area (Å²) in [5.41, 5.74) is 1.86. The maximum Gasteiger partial charge on any atom is 0.264 e. The Morgan fingerprint density at radius 3 is 2.46 bits per heavy atom. The summed E-state index contributed by atoms with van der Waals surface area (Å²) in [5, 5.41) is 0.479. The van der Waals surface area contributed by atoms with Crippen LogP contribution in [0.15, 0.2) is 47.4 Å². The van der Waals surface area contributed by atoms with Crippen LogP contribution < -0.4 is 4.31 Å². The highest BCUT2D eigenvalue weighted by Crippen LogP contribution is 2.28. The molecule has 0 spiro atoms. The SMILES string of the molecule is Cc1cc(C(=O)N2CCC[C@@H](C)C2)ccc1N(C)S(=O)(=O)c1ccc(Cl)cc1. The average molecular weight is 421 g/mol. The van der Waals surface area contributed by atoms with Gasteiger partial charge in [-0.15, -0.1) is 0 Å². The summed E-state index contributed by atoms with van der Waals surface area (Å²) in [5.74, 6) is 0.512. The highest BCUT2D eigenvalue weighted by atomic mass is 35.5. The minimum atomic E-state index is -3.71. The van der Waals surface area contributed by atoms with E-state index >= 15 is 0 Å². The van der Waals surface area contributed by atoms with E-state index in [2.05, 4.69) is 6.92 Å². The number of piperidine rings is 1. The third kappa shape index (κ3) is 4.18. The monoisotopic (exact) mass is 420 g/mol. The van der Waals surface area contributed by atoms with E-state index in [1.165, 1.54) is 23.5 Å². The van der Waals surface area contributed by atoms with Crippen LogP contribution in [-0.2, 0) is 10.0 Å². The van der Waals surface area contributed by atoms with Gasteiger partial charge in [-0.2, -0.15) is 0 Å². The topological polar surface area (TPSA) is 57.7 Å². The van der Waals surface area contributed by atoms with Crippen LogP contribution in [0.25, 0.3) is 0 Å². The Bertz CT molecular complexity index is 974. The van der Waals surface area contributed by atoms with Crippen LogP contribution in [0.1, 0.15) is 35.7 Å². The quantitative estimate of drug-likeness (QED) is 0.738. The van der Waals surface area contributed by atoms with Gasteiger partial charge in [0.15, 0.2) is 0 Å². The van der Waals surface area contributed by atoms with Crippen molar-refractivity contribution in [2.45, 2.75) is 31.6 Å². The fourth-order valence-electron chi connectivity index (χ4n) is 3.59. The van der Waals surface area contributed by atoms with Crippen LogP contribution in [0.4, 0.5) is 5.69 Å². The van der Waals surface area contributed by atoms with Crippen LogP contribution in [0.5, 0.6) is 0 Å². The summed E-state index contributed by atoms with van der Waals surface area (Å²) in [6.07, 6.45) is 2.17. The molecule has 1 aliphatic rings. The Balaban J connectivity index is 1.85. The molecule has 150 valence electrons. The lowest BCUT2D eigenvalue weighted by Crippen LogP contribution is -2.39. The molecule has 0 radical (unpaired) electrons. The van der Waals surface area contributed by atoms with Crippen LogP contribution in [0.3, 0.4) is 0 Å². The number of carbonyl (C=O) groups is 1. The van der Waals surface area contributed by atoms with Gasteiger partial charge in [-0.05, 0) is 73.7 Å². The zero-order valence-electron chi connectivity index (χ0n) is 16.4. The van der Waals surface area contributed by atoms with Gasteiger partial charge in [-0.25, -0.2) is 8.42 Å². The minimum absolute atomic E-state index is 0.00408. The highest BCUT2D eigenvalue weighted by Gasteiger charge is 2.25. The molecule has 0 unspecified atom stereocenters. The number of carbonyl (C=O) groups excluding carboxylic acids is 1. The number of aryl methyl sites for hydroxylation is 1. The third-order valence-corrected chi connectivity index (χ3v) is 7.24. The van der Waals surface area contributed by atoms with Crippen molar-refractivity contribution in [1.82, 2.24) is 4.90 Å². The third-order valence-electron chi connectivity index (χ3n) is 5.20. The molecule has 2 aromatic carbocycles. The Labute approximate surface area is 172 Å². The van der Waals surface area contributed by atoms with Crippen molar-refractivity contribution < 1.29 is 13.2 Å². The number of nitrogens with zero attached hydrogens (tertiary/aromatic N) is 2. The van der Waals surface area contributed by atoms with Crippen LogP contribution in [-0.4, -0.2) is 39.4 Å². The summed E-state index contributed by atoms with van der Waals surface area (Å²) in [4.78, 5) is 14.9. The van der Waals surface area contributed by atoms with Crippen molar-refractivity contribution in [3.8, 4) is 0 Å². The van der Waals surface area contributed by atoms with Crippen LogP contribution >= 0.6 is 11.6 Å². The van der Waals surface area contributed by atoms with Gasteiger partial charge < -0.3 is 4.90 Å². The van der Waals surface area contributed by atoms with E-state index in [0.717, 1.165) is 31.5 Å². The second-order valence-corrected chi connectivity index (χ2v) is 9.83. The summed E-state index contributed by atoms with van der Waals surface area (Å²) in [7, 11) is -2.20. The highest BCUT2D eigenvalue weighted by molar-refractivity contribution is 7.92. The molecule has 0 aromatic heterocycles. The molecular formula is C21H25ClN2O3S. The Morgan fingerprint density at radius 1 is 1.18 bits per heavy atom. The zero-order valence-corrected chi connectivity index (χ0v) is 17.9. The van der Waals surface area contributed by atoms with Crippen LogP contribution in [0, 0.1) is 12.8 Å². The summed E-state index contributed by atoms with van der Waals surface area (Å²) in [6.45, 7) is 5.52. The summed E-state index contributed by atoms with van der Waals surface area (Å²) in [6, 6.07) is 11.2. The second kappa shape index (κ2) is 8.13. The predicted molar refractivity (Wildman–Crippen MR) is 113 cm³/mol. The van der Waals surface area contributed by atoms with E-state index < -0.39 is 10.0 Å². The Kier molecular flexibility index (Phi) is 6.01. The van der Waals surface area contributed by atoms with Crippen molar-refractivity contribution in [2.75, 3.05) is 24.4 Å². The first kappa shape index (κ1) is 20.7. The molecule has 0 saturated carbocycles. The lowest BCUT2D eigenvalue weighted by atomic mass is 9.99. The van der Waals surface area contributed by atoms with Crippen molar-refractivity contribution in [2.24, 2.45) is 5.92 Å². The minimum Gasteiger partial charge on any atom is -0.338 e. The fourth-order valence-corrected chi connectivity index (χ4v) is 4.98.